The number of rotatable bonds is 2. The van der Waals surface area contributed by atoms with Gasteiger partial charge in [0.05, 0.1) is 0 Å². The van der Waals surface area contributed by atoms with Crippen LogP contribution in [0.5, 0.6) is 0 Å². The Labute approximate surface area is 110 Å². The summed E-state index contributed by atoms with van der Waals surface area (Å²) < 4.78 is 0. The van der Waals surface area contributed by atoms with Crippen LogP contribution >= 0.6 is 0 Å². The zero-order valence-electron chi connectivity index (χ0n) is 11.3. The van der Waals surface area contributed by atoms with Gasteiger partial charge in [-0.05, 0) is 68.7 Å². The first-order valence-corrected chi connectivity index (χ1v) is 7.41. The van der Waals surface area contributed by atoms with Crippen molar-refractivity contribution in [2.24, 2.45) is 0 Å². The molecular weight excluding hydrogens is 220 g/mol. The Morgan fingerprint density at radius 1 is 1.17 bits per heavy atom. The summed E-state index contributed by atoms with van der Waals surface area (Å²) in [6.45, 7) is 1.14. The molecule has 18 heavy (non-hydrogen) atoms. The topological polar surface area (TPSA) is 24.1 Å². The van der Waals surface area contributed by atoms with Crippen LogP contribution in [-0.4, -0.2) is 19.6 Å². The minimum Gasteiger partial charge on any atom is -0.385 e. The van der Waals surface area contributed by atoms with Crippen molar-refractivity contribution >= 4 is 5.69 Å². The molecule has 0 aromatic heterocycles. The fourth-order valence-electron chi connectivity index (χ4n) is 3.46. The summed E-state index contributed by atoms with van der Waals surface area (Å²) in [5.41, 5.74) is 4.48. The summed E-state index contributed by atoms with van der Waals surface area (Å²) in [4.78, 5) is 0. The van der Waals surface area contributed by atoms with E-state index in [1.54, 1.807) is 5.56 Å². The van der Waals surface area contributed by atoms with E-state index in [-0.39, 0.29) is 0 Å². The van der Waals surface area contributed by atoms with Crippen molar-refractivity contribution in [1.82, 2.24) is 5.32 Å². The third-order valence-electron chi connectivity index (χ3n) is 4.67. The van der Waals surface area contributed by atoms with Gasteiger partial charge in [0.15, 0.2) is 0 Å². The molecule has 1 heterocycles. The molecule has 0 bridgehead atoms. The Balaban J connectivity index is 1.73. The van der Waals surface area contributed by atoms with Crippen molar-refractivity contribution in [3.63, 3.8) is 0 Å². The molecule has 2 N–H and O–H groups in total. The normalized spacial score (nSPS) is 27.4. The molecule has 0 atom stereocenters. The Morgan fingerprint density at radius 2 is 2.00 bits per heavy atom. The average molecular weight is 244 g/mol. The maximum Gasteiger partial charge on any atom is 0.0372 e. The summed E-state index contributed by atoms with van der Waals surface area (Å²) in [7, 11) is 2.09. The molecule has 98 valence electrons. The van der Waals surface area contributed by atoms with Crippen LogP contribution in [0, 0.1) is 0 Å². The number of aryl methyl sites for hydroxylation is 1. The molecule has 2 nitrogen and oxygen atoms in total. The third kappa shape index (κ3) is 2.39. The second kappa shape index (κ2) is 5.31. The molecule has 0 amide bonds. The van der Waals surface area contributed by atoms with Gasteiger partial charge in [-0.25, -0.2) is 0 Å². The predicted octanol–water partition coefficient (Wildman–Crippen LogP) is 3.29. The van der Waals surface area contributed by atoms with E-state index in [9.17, 15) is 0 Å². The lowest BCUT2D eigenvalue weighted by molar-refractivity contribution is 0.358. The van der Waals surface area contributed by atoms with Gasteiger partial charge in [0.25, 0.3) is 0 Å². The van der Waals surface area contributed by atoms with Crippen molar-refractivity contribution in [2.45, 2.75) is 50.5 Å². The van der Waals surface area contributed by atoms with Gasteiger partial charge < -0.3 is 10.6 Å². The highest BCUT2D eigenvalue weighted by atomic mass is 14.9. The molecule has 1 aliphatic heterocycles. The molecule has 1 aromatic rings. The minimum atomic E-state index is 0.751. The van der Waals surface area contributed by atoms with Crippen molar-refractivity contribution < 1.29 is 0 Å². The number of nitrogens with one attached hydrogen (secondary N) is 2. The second-order valence-electron chi connectivity index (χ2n) is 5.78. The average Bonchev–Trinajstić information content (AvgIpc) is 2.47. The smallest absolute Gasteiger partial charge is 0.0372 e. The van der Waals surface area contributed by atoms with E-state index in [4.69, 9.17) is 0 Å². The maximum atomic E-state index is 3.50. The van der Waals surface area contributed by atoms with Crippen LogP contribution < -0.4 is 10.6 Å². The lowest BCUT2D eigenvalue weighted by Gasteiger charge is -2.29. The van der Waals surface area contributed by atoms with Gasteiger partial charge in [-0.2, -0.15) is 0 Å². The Kier molecular flexibility index (Phi) is 3.55. The number of anilines is 1. The summed E-state index contributed by atoms with van der Waals surface area (Å²) >= 11 is 0. The van der Waals surface area contributed by atoms with E-state index in [0.29, 0.717) is 0 Å². The monoisotopic (exact) mass is 244 g/mol. The number of hydrogen-bond donors (Lipinski definition) is 2. The van der Waals surface area contributed by atoms with E-state index in [1.165, 1.54) is 49.8 Å². The fraction of sp³-hybridized carbons (Fsp3) is 0.625. The predicted molar refractivity (Wildman–Crippen MR) is 77.3 cm³/mol. The van der Waals surface area contributed by atoms with E-state index >= 15 is 0 Å². The van der Waals surface area contributed by atoms with Crippen LogP contribution in [0.2, 0.25) is 0 Å². The fourth-order valence-corrected chi connectivity index (χ4v) is 3.46. The molecule has 0 unspecified atom stereocenters. The van der Waals surface area contributed by atoms with Crippen LogP contribution in [0.25, 0.3) is 0 Å². The summed E-state index contributed by atoms with van der Waals surface area (Å²) in [6, 6.07) is 7.86. The summed E-state index contributed by atoms with van der Waals surface area (Å²) in [6.07, 6.45) is 7.88. The highest BCUT2D eigenvalue weighted by Crippen LogP contribution is 2.35. The zero-order chi connectivity index (χ0) is 12.4. The van der Waals surface area contributed by atoms with Gasteiger partial charge >= 0.3 is 0 Å². The minimum absolute atomic E-state index is 0.751. The Morgan fingerprint density at radius 3 is 2.78 bits per heavy atom. The first-order valence-electron chi connectivity index (χ1n) is 7.41. The third-order valence-corrected chi connectivity index (χ3v) is 4.67. The molecule has 2 heteroatoms. The molecule has 0 spiro atoms. The quantitative estimate of drug-likeness (QED) is 0.834. The lowest BCUT2D eigenvalue weighted by Crippen LogP contribution is -2.29. The lowest BCUT2D eigenvalue weighted by atomic mass is 9.81. The second-order valence-corrected chi connectivity index (χ2v) is 5.78. The molecule has 0 saturated heterocycles. The van der Waals surface area contributed by atoms with E-state index in [0.717, 1.165) is 18.5 Å². The van der Waals surface area contributed by atoms with Crippen molar-refractivity contribution in [1.29, 1.82) is 0 Å². The zero-order valence-corrected chi connectivity index (χ0v) is 11.3. The standard InChI is InChI=1S/C16H24N2/c1-17-15-7-4-12(5-8-15)13-6-9-16-14(11-13)3-2-10-18-16/h6,9,11-12,15,17-18H,2-5,7-8,10H2,1H3. The largest absolute Gasteiger partial charge is 0.385 e. The number of benzene rings is 1. The van der Waals surface area contributed by atoms with Crippen molar-refractivity contribution in [3.05, 3.63) is 29.3 Å². The van der Waals surface area contributed by atoms with Crippen molar-refractivity contribution in [3.8, 4) is 0 Å². The van der Waals surface area contributed by atoms with Crippen LogP contribution in [0.15, 0.2) is 18.2 Å². The molecule has 1 aromatic carbocycles. The molecule has 3 rings (SSSR count). The van der Waals surface area contributed by atoms with Crippen molar-refractivity contribution in [2.75, 3.05) is 18.9 Å². The van der Waals surface area contributed by atoms with Crippen LogP contribution in [-0.2, 0) is 6.42 Å². The van der Waals surface area contributed by atoms with Crippen LogP contribution in [0.1, 0.15) is 49.1 Å². The van der Waals surface area contributed by atoms with E-state index in [1.807, 2.05) is 0 Å². The molecule has 1 fully saturated rings. The highest BCUT2D eigenvalue weighted by Gasteiger charge is 2.22. The van der Waals surface area contributed by atoms with Crippen LogP contribution in [0.4, 0.5) is 5.69 Å². The number of fused-ring (bicyclic) bond motifs is 1. The van der Waals surface area contributed by atoms with Gasteiger partial charge in [0, 0.05) is 18.3 Å². The Hall–Kier alpha value is -1.02. The number of hydrogen-bond acceptors (Lipinski definition) is 2. The molecule has 1 aliphatic carbocycles. The van der Waals surface area contributed by atoms with E-state index in [2.05, 4.69) is 35.9 Å². The maximum absolute atomic E-state index is 3.50. The summed E-state index contributed by atoms with van der Waals surface area (Å²) in [5.74, 6) is 0.793. The molecule has 1 saturated carbocycles. The molecular formula is C16H24N2. The summed E-state index contributed by atoms with van der Waals surface area (Å²) in [5, 5.41) is 6.91. The van der Waals surface area contributed by atoms with Gasteiger partial charge in [-0.15, -0.1) is 0 Å². The Bertz CT molecular complexity index is 406. The van der Waals surface area contributed by atoms with Gasteiger partial charge in [0.1, 0.15) is 0 Å². The first-order chi connectivity index (χ1) is 8.86. The SMILES string of the molecule is CNC1CCC(c2ccc3c(c2)CCCN3)CC1. The van der Waals surface area contributed by atoms with Gasteiger partial charge in [0.2, 0.25) is 0 Å². The molecule has 0 radical (unpaired) electrons. The van der Waals surface area contributed by atoms with Gasteiger partial charge in [-0.1, -0.05) is 12.1 Å². The molecule has 2 aliphatic rings. The van der Waals surface area contributed by atoms with E-state index < -0.39 is 0 Å². The van der Waals surface area contributed by atoms with Gasteiger partial charge in [-0.3, -0.25) is 0 Å². The highest BCUT2D eigenvalue weighted by molar-refractivity contribution is 5.54. The van der Waals surface area contributed by atoms with Crippen LogP contribution in [0.3, 0.4) is 0 Å². The first kappa shape index (κ1) is 12.0.